The standard InChI is InChI=1S/C26H36N4O2/c1-5-30(19(2)3)23-13-11-21(12-14-23)26(32)27-20(4)17-25(31)28-22-9-8-10-24(18-22)29-15-6-7-16-29/h8-14,18-20H,5-7,15-17H2,1-4H3,(H,27,32)(H,28,31). The van der Waals surface area contributed by atoms with E-state index in [1.807, 2.05) is 49.4 Å². The molecule has 0 aromatic heterocycles. The average molecular weight is 437 g/mol. The first-order valence-corrected chi connectivity index (χ1v) is 11.7. The monoisotopic (exact) mass is 436 g/mol. The van der Waals surface area contributed by atoms with Crippen LogP contribution in [0.25, 0.3) is 0 Å². The molecule has 6 heteroatoms. The molecule has 1 saturated heterocycles. The topological polar surface area (TPSA) is 64.7 Å². The Balaban J connectivity index is 1.51. The molecule has 172 valence electrons. The van der Waals surface area contributed by atoms with Crippen molar-refractivity contribution in [3.05, 3.63) is 54.1 Å². The lowest BCUT2D eigenvalue weighted by atomic mass is 10.1. The summed E-state index contributed by atoms with van der Waals surface area (Å²) in [5.41, 5.74) is 3.63. The lowest BCUT2D eigenvalue weighted by Gasteiger charge is -2.27. The summed E-state index contributed by atoms with van der Waals surface area (Å²) in [4.78, 5) is 29.7. The van der Waals surface area contributed by atoms with Gasteiger partial charge in [0.15, 0.2) is 0 Å². The van der Waals surface area contributed by atoms with E-state index >= 15 is 0 Å². The van der Waals surface area contributed by atoms with Crippen LogP contribution in [0, 0.1) is 0 Å². The normalized spacial score (nSPS) is 14.3. The Hall–Kier alpha value is -3.02. The number of hydrogen-bond acceptors (Lipinski definition) is 4. The number of benzene rings is 2. The Morgan fingerprint density at radius 2 is 1.72 bits per heavy atom. The molecule has 6 nitrogen and oxygen atoms in total. The van der Waals surface area contributed by atoms with E-state index in [0.29, 0.717) is 11.6 Å². The zero-order valence-corrected chi connectivity index (χ0v) is 19.7. The van der Waals surface area contributed by atoms with E-state index in [1.165, 1.54) is 12.8 Å². The molecule has 1 aliphatic rings. The van der Waals surface area contributed by atoms with Gasteiger partial charge in [-0.15, -0.1) is 0 Å². The fourth-order valence-corrected chi connectivity index (χ4v) is 4.25. The number of hydrogen-bond donors (Lipinski definition) is 2. The summed E-state index contributed by atoms with van der Waals surface area (Å²) in [7, 11) is 0. The van der Waals surface area contributed by atoms with Crippen molar-refractivity contribution in [3.8, 4) is 0 Å². The molecular weight excluding hydrogens is 400 g/mol. The van der Waals surface area contributed by atoms with Gasteiger partial charge in [-0.25, -0.2) is 0 Å². The van der Waals surface area contributed by atoms with Crippen molar-refractivity contribution in [1.82, 2.24) is 5.32 Å². The smallest absolute Gasteiger partial charge is 0.251 e. The van der Waals surface area contributed by atoms with Crippen LogP contribution in [-0.4, -0.2) is 43.5 Å². The highest BCUT2D eigenvalue weighted by Crippen LogP contribution is 2.23. The first kappa shape index (κ1) is 23.6. The lowest BCUT2D eigenvalue weighted by Crippen LogP contribution is -2.35. The van der Waals surface area contributed by atoms with Crippen molar-refractivity contribution < 1.29 is 9.59 Å². The molecule has 2 N–H and O–H groups in total. The van der Waals surface area contributed by atoms with E-state index in [-0.39, 0.29) is 24.3 Å². The van der Waals surface area contributed by atoms with Crippen molar-refractivity contribution in [2.24, 2.45) is 0 Å². The summed E-state index contributed by atoms with van der Waals surface area (Å²) >= 11 is 0. The number of nitrogens with one attached hydrogen (secondary N) is 2. The van der Waals surface area contributed by atoms with E-state index < -0.39 is 0 Å². The van der Waals surface area contributed by atoms with Crippen LogP contribution in [0.5, 0.6) is 0 Å². The zero-order chi connectivity index (χ0) is 23.1. The third-order valence-electron chi connectivity index (χ3n) is 5.90. The van der Waals surface area contributed by atoms with Crippen LogP contribution in [0.3, 0.4) is 0 Å². The van der Waals surface area contributed by atoms with Crippen LogP contribution in [0.15, 0.2) is 48.5 Å². The maximum absolute atomic E-state index is 12.6. The van der Waals surface area contributed by atoms with Gasteiger partial charge in [-0.2, -0.15) is 0 Å². The molecule has 0 spiro atoms. The number of rotatable bonds is 9. The van der Waals surface area contributed by atoms with E-state index in [0.717, 1.165) is 36.7 Å². The molecule has 2 amide bonds. The Bertz CT molecular complexity index is 904. The van der Waals surface area contributed by atoms with Crippen molar-refractivity contribution in [3.63, 3.8) is 0 Å². The molecule has 3 rings (SSSR count). The maximum atomic E-state index is 12.6. The highest BCUT2D eigenvalue weighted by molar-refractivity contribution is 5.96. The lowest BCUT2D eigenvalue weighted by molar-refractivity contribution is -0.116. The maximum Gasteiger partial charge on any atom is 0.251 e. The fourth-order valence-electron chi connectivity index (χ4n) is 4.25. The number of carbonyl (C=O) groups is 2. The highest BCUT2D eigenvalue weighted by Gasteiger charge is 2.16. The summed E-state index contributed by atoms with van der Waals surface area (Å²) in [6.07, 6.45) is 2.64. The van der Waals surface area contributed by atoms with Gasteiger partial charge in [-0.1, -0.05) is 6.07 Å². The van der Waals surface area contributed by atoms with Crippen LogP contribution in [0.4, 0.5) is 17.1 Å². The Labute approximate surface area is 192 Å². The summed E-state index contributed by atoms with van der Waals surface area (Å²) in [6, 6.07) is 15.7. The number of anilines is 3. The minimum absolute atomic E-state index is 0.109. The second-order valence-corrected chi connectivity index (χ2v) is 8.80. The fraction of sp³-hybridized carbons (Fsp3) is 0.462. The van der Waals surface area contributed by atoms with E-state index in [2.05, 4.69) is 47.3 Å². The van der Waals surface area contributed by atoms with Gasteiger partial charge in [-0.3, -0.25) is 9.59 Å². The molecule has 1 fully saturated rings. The minimum atomic E-state index is -0.272. The third-order valence-corrected chi connectivity index (χ3v) is 5.90. The molecule has 1 aliphatic heterocycles. The average Bonchev–Trinajstić information content (AvgIpc) is 3.29. The SMILES string of the molecule is CCN(c1ccc(C(=O)NC(C)CC(=O)Nc2cccc(N3CCCC3)c2)cc1)C(C)C. The minimum Gasteiger partial charge on any atom is -0.371 e. The zero-order valence-electron chi connectivity index (χ0n) is 19.7. The highest BCUT2D eigenvalue weighted by atomic mass is 16.2. The summed E-state index contributed by atoms with van der Waals surface area (Å²) in [5.74, 6) is -0.275. The molecule has 0 saturated carbocycles. The number of carbonyl (C=O) groups excluding carboxylic acids is 2. The van der Waals surface area contributed by atoms with Gasteiger partial charge in [0.2, 0.25) is 5.91 Å². The van der Waals surface area contributed by atoms with Crippen molar-refractivity contribution >= 4 is 28.9 Å². The predicted molar refractivity (Wildman–Crippen MR) is 133 cm³/mol. The molecule has 0 radical (unpaired) electrons. The van der Waals surface area contributed by atoms with Gasteiger partial charge in [0.1, 0.15) is 0 Å². The van der Waals surface area contributed by atoms with E-state index in [9.17, 15) is 9.59 Å². The second kappa shape index (κ2) is 11.0. The Kier molecular flexibility index (Phi) is 8.14. The van der Waals surface area contributed by atoms with Gasteiger partial charge in [-0.05, 0) is 83.0 Å². The van der Waals surface area contributed by atoms with Crippen LogP contribution in [0.2, 0.25) is 0 Å². The molecule has 1 unspecified atom stereocenters. The predicted octanol–water partition coefficient (Wildman–Crippen LogP) is 4.67. The van der Waals surface area contributed by atoms with Gasteiger partial charge in [0.25, 0.3) is 5.91 Å². The molecule has 32 heavy (non-hydrogen) atoms. The quantitative estimate of drug-likeness (QED) is 0.600. The Morgan fingerprint density at radius 3 is 2.34 bits per heavy atom. The van der Waals surface area contributed by atoms with Crippen molar-refractivity contribution in [1.29, 1.82) is 0 Å². The molecule has 2 aromatic carbocycles. The van der Waals surface area contributed by atoms with Crippen LogP contribution < -0.4 is 20.4 Å². The van der Waals surface area contributed by atoms with E-state index in [1.54, 1.807) is 0 Å². The summed E-state index contributed by atoms with van der Waals surface area (Å²) in [5, 5.41) is 5.90. The molecule has 0 aliphatic carbocycles. The Morgan fingerprint density at radius 1 is 1.03 bits per heavy atom. The first-order valence-electron chi connectivity index (χ1n) is 11.7. The van der Waals surface area contributed by atoms with Gasteiger partial charge < -0.3 is 20.4 Å². The van der Waals surface area contributed by atoms with Gasteiger partial charge >= 0.3 is 0 Å². The largest absolute Gasteiger partial charge is 0.371 e. The number of amides is 2. The molecule has 2 aromatic rings. The third kappa shape index (κ3) is 6.25. The van der Waals surface area contributed by atoms with Gasteiger partial charge in [0.05, 0.1) is 0 Å². The first-order chi connectivity index (χ1) is 15.4. The molecular formula is C26H36N4O2. The molecule has 1 heterocycles. The number of nitrogens with zero attached hydrogens (tertiary/aromatic N) is 2. The molecule has 0 bridgehead atoms. The van der Waals surface area contributed by atoms with Gasteiger partial charge in [0, 0.05) is 60.8 Å². The van der Waals surface area contributed by atoms with Crippen LogP contribution in [-0.2, 0) is 4.79 Å². The van der Waals surface area contributed by atoms with Crippen molar-refractivity contribution in [2.75, 3.05) is 34.8 Å². The van der Waals surface area contributed by atoms with Crippen molar-refractivity contribution in [2.45, 2.75) is 59.0 Å². The summed E-state index contributed by atoms with van der Waals surface area (Å²) < 4.78 is 0. The second-order valence-electron chi connectivity index (χ2n) is 8.80. The van der Waals surface area contributed by atoms with Crippen LogP contribution in [0.1, 0.15) is 57.3 Å². The van der Waals surface area contributed by atoms with Crippen LogP contribution >= 0.6 is 0 Å². The molecule has 1 atom stereocenters. The summed E-state index contributed by atoms with van der Waals surface area (Å²) in [6.45, 7) is 11.3. The van der Waals surface area contributed by atoms with E-state index in [4.69, 9.17) is 0 Å².